The van der Waals surface area contributed by atoms with Gasteiger partial charge in [-0.2, -0.15) is 0 Å². The summed E-state index contributed by atoms with van der Waals surface area (Å²) in [5.74, 6) is 0.754. The molecule has 0 saturated carbocycles. The van der Waals surface area contributed by atoms with Gasteiger partial charge in [-0.05, 0) is 75.4 Å². The third kappa shape index (κ3) is 5.94. The second kappa shape index (κ2) is 11.2. The zero-order chi connectivity index (χ0) is 33.0. The number of phenols is 1. The molecule has 0 spiro atoms. The Morgan fingerprint density at radius 1 is 0.696 bits per heavy atom. The predicted octanol–water partition coefficient (Wildman–Crippen LogP) is 11.1. The molecule has 2 heterocycles. The first kappa shape index (κ1) is 31.2. The summed E-state index contributed by atoms with van der Waals surface area (Å²) in [7, 11) is 0. The summed E-state index contributed by atoms with van der Waals surface area (Å²) in [6, 6.07) is 26.6. The highest BCUT2D eigenvalue weighted by Gasteiger charge is 2.25. The highest BCUT2D eigenvalue weighted by Crippen LogP contribution is 2.41. The summed E-state index contributed by atoms with van der Waals surface area (Å²) in [6.07, 6.45) is 3.61. The van der Waals surface area contributed by atoms with Crippen LogP contribution in [0.4, 0.5) is 5.69 Å². The number of aromatic nitrogens is 2. The van der Waals surface area contributed by atoms with Crippen LogP contribution in [-0.2, 0) is 16.2 Å². The molecule has 5 heteroatoms. The monoisotopic (exact) mass is 609 g/mol. The van der Waals surface area contributed by atoms with Crippen molar-refractivity contribution in [1.82, 2.24) is 9.97 Å². The van der Waals surface area contributed by atoms with E-state index in [-0.39, 0.29) is 22.0 Å². The number of aromatic hydroxyl groups is 1. The maximum absolute atomic E-state index is 11.4. The highest BCUT2D eigenvalue weighted by atomic mass is 16.3. The molecule has 1 N–H and O–H groups in total. The first-order valence-electron chi connectivity index (χ1n) is 15.9. The van der Waals surface area contributed by atoms with E-state index in [2.05, 4.69) is 97.6 Å². The van der Waals surface area contributed by atoms with E-state index < -0.39 is 0 Å². The van der Waals surface area contributed by atoms with Crippen molar-refractivity contribution in [2.75, 3.05) is 0 Å². The first-order chi connectivity index (χ1) is 21.6. The van der Waals surface area contributed by atoms with Crippen molar-refractivity contribution in [1.29, 1.82) is 0 Å². The number of pyridine rings is 1. The SMILES string of the molecule is CC(C)(C)c1cc(C=Nc2ccccc2-c2nc3c(-c4ccnc5ccccc45)cc(C(C)(C)C)cc3o2)c(O)c(C(C)(C)C)c1. The molecule has 6 aromatic rings. The van der Waals surface area contributed by atoms with Gasteiger partial charge in [0.05, 0.1) is 16.8 Å². The molecular formula is C41H43N3O2. The number of nitrogens with zero attached hydrogens (tertiary/aromatic N) is 3. The van der Waals surface area contributed by atoms with Crippen LogP contribution < -0.4 is 0 Å². The van der Waals surface area contributed by atoms with E-state index in [1.54, 1.807) is 6.21 Å². The van der Waals surface area contributed by atoms with Crippen molar-refractivity contribution in [3.8, 4) is 28.3 Å². The molecule has 0 radical (unpaired) electrons. The van der Waals surface area contributed by atoms with Crippen LogP contribution in [0.1, 0.15) is 84.6 Å². The normalized spacial score (nSPS) is 12.9. The molecule has 0 unspecified atom stereocenters. The summed E-state index contributed by atoms with van der Waals surface area (Å²) in [6.45, 7) is 19.5. The lowest BCUT2D eigenvalue weighted by Crippen LogP contribution is -2.17. The second-order valence-corrected chi connectivity index (χ2v) is 15.3. The van der Waals surface area contributed by atoms with E-state index in [1.807, 2.05) is 54.7 Å². The molecular weight excluding hydrogens is 566 g/mol. The van der Waals surface area contributed by atoms with Gasteiger partial charge < -0.3 is 9.52 Å². The van der Waals surface area contributed by atoms with E-state index in [1.165, 1.54) is 0 Å². The minimum Gasteiger partial charge on any atom is -0.507 e. The van der Waals surface area contributed by atoms with Crippen LogP contribution in [0.3, 0.4) is 0 Å². The van der Waals surface area contributed by atoms with Gasteiger partial charge in [-0.3, -0.25) is 9.98 Å². The van der Waals surface area contributed by atoms with Gasteiger partial charge in [0.1, 0.15) is 11.3 Å². The quantitative estimate of drug-likeness (QED) is 0.202. The third-order valence-corrected chi connectivity index (χ3v) is 8.59. The fourth-order valence-electron chi connectivity index (χ4n) is 5.78. The lowest BCUT2D eigenvalue weighted by Gasteiger charge is -2.27. The lowest BCUT2D eigenvalue weighted by molar-refractivity contribution is 0.444. The van der Waals surface area contributed by atoms with Gasteiger partial charge in [-0.1, -0.05) is 98.7 Å². The van der Waals surface area contributed by atoms with Gasteiger partial charge in [0.15, 0.2) is 5.58 Å². The first-order valence-corrected chi connectivity index (χ1v) is 15.9. The highest BCUT2D eigenvalue weighted by molar-refractivity contribution is 6.03. The van der Waals surface area contributed by atoms with Crippen molar-refractivity contribution >= 4 is 33.9 Å². The molecule has 0 bridgehead atoms. The van der Waals surface area contributed by atoms with Crippen molar-refractivity contribution in [3.63, 3.8) is 0 Å². The topological polar surface area (TPSA) is 71.5 Å². The number of rotatable bonds is 4. The Bertz CT molecular complexity index is 2110. The number of phenolic OH excluding ortho intramolecular Hbond substituents is 1. The van der Waals surface area contributed by atoms with E-state index in [0.29, 0.717) is 17.1 Å². The van der Waals surface area contributed by atoms with Gasteiger partial charge in [0, 0.05) is 34.5 Å². The van der Waals surface area contributed by atoms with Crippen LogP contribution in [0, 0.1) is 0 Å². The van der Waals surface area contributed by atoms with Crippen LogP contribution in [-0.4, -0.2) is 21.3 Å². The number of aliphatic imine (C=N–C) groups is 1. The summed E-state index contributed by atoms with van der Waals surface area (Å²) >= 11 is 0. The van der Waals surface area contributed by atoms with E-state index >= 15 is 0 Å². The lowest BCUT2D eigenvalue weighted by atomic mass is 9.79. The smallest absolute Gasteiger partial charge is 0.229 e. The van der Waals surface area contributed by atoms with Gasteiger partial charge in [-0.25, -0.2) is 4.98 Å². The molecule has 6 rings (SSSR count). The van der Waals surface area contributed by atoms with Gasteiger partial charge in [0.25, 0.3) is 0 Å². The van der Waals surface area contributed by atoms with Crippen molar-refractivity contribution < 1.29 is 9.52 Å². The Hall–Kier alpha value is -4.77. The summed E-state index contributed by atoms with van der Waals surface area (Å²) in [5, 5.41) is 12.4. The minimum atomic E-state index is -0.228. The van der Waals surface area contributed by atoms with Crippen LogP contribution in [0.5, 0.6) is 5.75 Å². The average Bonchev–Trinajstić information content (AvgIpc) is 3.43. The molecule has 0 amide bonds. The molecule has 0 atom stereocenters. The molecule has 0 saturated heterocycles. The van der Waals surface area contributed by atoms with E-state index in [4.69, 9.17) is 14.4 Å². The number of fused-ring (bicyclic) bond motifs is 2. The van der Waals surface area contributed by atoms with E-state index in [0.717, 1.165) is 55.4 Å². The van der Waals surface area contributed by atoms with Crippen LogP contribution >= 0.6 is 0 Å². The van der Waals surface area contributed by atoms with Gasteiger partial charge >= 0.3 is 0 Å². The molecule has 46 heavy (non-hydrogen) atoms. The Morgan fingerprint density at radius 3 is 2.09 bits per heavy atom. The fraction of sp³-hybridized carbons (Fsp3) is 0.293. The molecule has 234 valence electrons. The standard InChI is InChI=1S/C41H43N3O2/c1-39(2,3)26-20-25(37(45)32(22-26)41(7,8)9)24-43-34-17-13-11-15-30(34)38-44-36-31(21-27(40(4,5)6)23-35(36)46-38)28-18-19-42-33-16-12-10-14-29(28)33/h10-24,45H,1-9H3. The number of para-hydroxylation sites is 2. The molecule has 0 aliphatic heterocycles. The number of benzene rings is 4. The van der Waals surface area contributed by atoms with Crippen LogP contribution in [0.25, 0.3) is 44.6 Å². The van der Waals surface area contributed by atoms with Crippen molar-refractivity contribution in [2.45, 2.75) is 78.6 Å². The largest absolute Gasteiger partial charge is 0.507 e. The predicted molar refractivity (Wildman–Crippen MR) is 192 cm³/mol. The Morgan fingerprint density at radius 2 is 1.37 bits per heavy atom. The maximum Gasteiger partial charge on any atom is 0.229 e. The zero-order valence-corrected chi connectivity index (χ0v) is 28.4. The Balaban J connectivity index is 1.51. The third-order valence-electron chi connectivity index (χ3n) is 8.59. The Labute approximate surface area is 272 Å². The summed E-state index contributed by atoms with van der Waals surface area (Å²) < 4.78 is 6.56. The molecule has 0 aliphatic rings. The van der Waals surface area contributed by atoms with Crippen LogP contribution in [0.15, 0.2) is 94.5 Å². The second-order valence-electron chi connectivity index (χ2n) is 15.3. The molecule has 4 aromatic carbocycles. The number of hydrogen-bond acceptors (Lipinski definition) is 5. The molecule has 2 aromatic heterocycles. The van der Waals surface area contributed by atoms with Crippen molar-refractivity contribution in [2.24, 2.45) is 4.99 Å². The summed E-state index contributed by atoms with van der Waals surface area (Å²) in [4.78, 5) is 14.6. The van der Waals surface area contributed by atoms with Crippen LogP contribution in [0.2, 0.25) is 0 Å². The number of oxazole rings is 1. The zero-order valence-electron chi connectivity index (χ0n) is 28.4. The van der Waals surface area contributed by atoms with Crippen molar-refractivity contribution in [3.05, 3.63) is 107 Å². The van der Waals surface area contributed by atoms with Gasteiger partial charge in [-0.15, -0.1) is 0 Å². The maximum atomic E-state index is 11.4. The van der Waals surface area contributed by atoms with Gasteiger partial charge in [0.2, 0.25) is 5.89 Å². The number of hydrogen-bond donors (Lipinski definition) is 1. The fourth-order valence-corrected chi connectivity index (χ4v) is 5.78. The molecule has 0 fully saturated rings. The molecule has 0 aliphatic carbocycles. The summed E-state index contributed by atoms with van der Waals surface area (Å²) in [5.41, 5.74) is 9.50. The molecule has 5 nitrogen and oxygen atoms in total. The Kier molecular flexibility index (Phi) is 7.63. The van der Waals surface area contributed by atoms with E-state index in [9.17, 15) is 5.11 Å². The average molecular weight is 610 g/mol. The minimum absolute atomic E-state index is 0.0872.